The average molecular weight is 766 g/mol. The summed E-state index contributed by atoms with van der Waals surface area (Å²) in [7, 11) is 0. The van der Waals surface area contributed by atoms with Gasteiger partial charge in [0.25, 0.3) is 5.92 Å². The monoisotopic (exact) mass is 765 g/mol. The number of halogens is 11. The fraction of sp³-hybridized carbons (Fsp3) is 0.312. The van der Waals surface area contributed by atoms with Crippen LogP contribution in [0.2, 0.25) is 5.02 Å². The van der Waals surface area contributed by atoms with E-state index < -0.39 is 90.9 Å². The molecule has 1 saturated carbocycles. The molecule has 5 rings (SSSR count). The predicted molar refractivity (Wildman–Crippen MR) is 169 cm³/mol. The molecule has 2 aromatic carbocycles. The van der Waals surface area contributed by atoms with Crippen LogP contribution in [-0.2, 0) is 17.8 Å². The Morgan fingerprint density at radius 1 is 1.10 bits per heavy atom. The maximum absolute atomic E-state index is 14.7. The molecule has 20 heteroatoms. The van der Waals surface area contributed by atoms with Gasteiger partial charge in [0.15, 0.2) is 5.82 Å². The fourth-order valence-corrected chi connectivity index (χ4v) is 6.16. The predicted octanol–water partition coefficient (Wildman–Crippen LogP) is 6.50. The Bertz CT molecular complexity index is 2090. The number of nitrogens with zero attached hydrogens (tertiary/aromatic N) is 4. The van der Waals surface area contributed by atoms with Gasteiger partial charge in [-0.3, -0.25) is 19.5 Å². The van der Waals surface area contributed by atoms with Crippen LogP contribution < -0.4 is 16.8 Å². The highest BCUT2D eigenvalue weighted by atomic mass is 35.5. The Kier molecular flexibility index (Phi) is 10.2. The van der Waals surface area contributed by atoms with E-state index in [2.05, 4.69) is 20.4 Å². The number of benzene rings is 2. The number of alkyl halides is 8. The molecule has 0 aliphatic heterocycles. The van der Waals surface area contributed by atoms with Crippen LogP contribution in [0.4, 0.5) is 49.7 Å². The molecule has 9 nitrogen and oxygen atoms in total. The fourth-order valence-electron chi connectivity index (χ4n) is 5.91. The molecule has 0 radical (unpaired) electrons. The van der Waals surface area contributed by atoms with E-state index in [1.165, 1.54) is 31.2 Å². The lowest BCUT2D eigenvalue weighted by Crippen LogP contribution is -2.34. The van der Waals surface area contributed by atoms with Gasteiger partial charge in [-0.2, -0.15) is 40.2 Å². The molecular weight excluding hydrogens is 740 g/mol. The summed E-state index contributed by atoms with van der Waals surface area (Å²) < 4.78 is 139. The number of hydrogen-bond acceptors (Lipinski definition) is 7. The summed E-state index contributed by atoms with van der Waals surface area (Å²) in [6, 6.07) is 6.48. The minimum Gasteiger partial charge on any atom is -0.394 e. The highest BCUT2D eigenvalue weighted by Gasteiger charge is 2.53. The second-order valence-corrected chi connectivity index (χ2v) is 12.3. The summed E-state index contributed by atoms with van der Waals surface area (Å²) in [6.45, 7) is -1.34. The zero-order chi connectivity index (χ0) is 38.5. The van der Waals surface area contributed by atoms with Crippen molar-refractivity contribution in [3.63, 3.8) is 0 Å². The van der Waals surface area contributed by atoms with Crippen molar-refractivity contribution in [2.75, 3.05) is 12.3 Å². The van der Waals surface area contributed by atoms with E-state index in [4.69, 9.17) is 23.1 Å². The maximum Gasteiger partial charge on any atom is 0.431 e. The Morgan fingerprint density at radius 3 is 2.35 bits per heavy atom. The Balaban J connectivity index is 1.64. The number of aliphatic hydroxyl groups excluding tert-OH is 1. The first-order chi connectivity index (χ1) is 24.1. The molecule has 0 bridgehead atoms. The largest absolute Gasteiger partial charge is 0.431 e. The van der Waals surface area contributed by atoms with E-state index in [-0.39, 0.29) is 49.8 Å². The van der Waals surface area contributed by atoms with Crippen LogP contribution >= 0.6 is 11.6 Å². The van der Waals surface area contributed by atoms with E-state index in [1.807, 2.05) is 0 Å². The summed E-state index contributed by atoms with van der Waals surface area (Å²) in [6.07, 6.45) is -14.4. The van der Waals surface area contributed by atoms with Crippen LogP contribution in [0.25, 0.3) is 22.0 Å². The number of carbonyl (C=O) groups is 1. The second kappa shape index (κ2) is 13.9. The number of hydrogen-bond donors (Lipinski definition) is 4. The molecule has 0 saturated heterocycles. The summed E-state index contributed by atoms with van der Waals surface area (Å²) in [5.41, 5.74) is 5.99. The van der Waals surface area contributed by atoms with Gasteiger partial charge >= 0.3 is 12.4 Å². The van der Waals surface area contributed by atoms with Crippen molar-refractivity contribution >= 4 is 39.9 Å². The number of anilines is 1. The Hall–Kier alpha value is -4.91. The first kappa shape index (κ1) is 38.3. The van der Waals surface area contributed by atoms with Gasteiger partial charge in [0, 0.05) is 34.9 Å². The van der Waals surface area contributed by atoms with E-state index in [9.17, 15) is 53.8 Å². The number of aliphatic hydroxyl groups is 1. The number of nitrogens with one attached hydrogen (secondary N) is 1. The molecule has 1 fully saturated rings. The summed E-state index contributed by atoms with van der Waals surface area (Å²) in [4.78, 5) is 21.2. The summed E-state index contributed by atoms with van der Waals surface area (Å²) in [5.74, 6) is -7.70. The second-order valence-electron chi connectivity index (χ2n) is 11.9. The number of pyridine rings is 1. The number of aromatic nitrogens is 3. The van der Waals surface area contributed by atoms with E-state index in [0.717, 1.165) is 12.1 Å². The molecule has 2 aromatic heterocycles. The molecule has 4 aromatic rings. The van der Waals surface area contributed by atoms with Crippen molar-refractivity contribution in [3.8, 4) is 11.1 Å². The molecule has 52 heavy (non-hydrogen) atoms. The van der Waals surface area contributed by atoms with Crippen LogP contribution in [0.3, 0.4) is 0 Å². The summed E-state index contributed by atoms with van der Waals surface area (Å²) in [5, 5.41) is 16.1. The van der Waals surface area contributed by atoms with Crippen molar-refractivity contribution in [1.82, 2.24) is 20.1 Å². The SMILES string of the molecule is Cc1ccc(-c2ccc(Cl)c3c(N)nn(CC(F)(F)F)c23)c([C@H](Cc2cc(F)cc(F)c2)NC(=O)CN=C2C(=C(N)C(F)(F)F)C(O)CC2(F)F)n1. The van der Waals surface area contributed by atoms with E-state index in [0.29, 0.717) is 10.7 Å². The first-order valence-corrected chi connectivity index (χ1v) is 15.3. The zero-order valence-electron chi connectivity index (χ0n) is 26.5. The van der Waals surface area contributed by atoms with Crippen molar-refractivity contribution in [3.05, 3.63) is 87.3 Å². The number of fused-ring (bicyclic) bond motifs is 1. The smallest absolute Gasteiger partial charge is 0.394 e. The molecule has 1 aliphatic carbocycles. The number of aryl methyl sites for hydroxylation is 1. The third-order valence-corrected chi connectivity index (χ3v) is 8.26. The van der Waals surface area contributed by atoms with Crippen LogP contribution in [-0.4, -0.2) is 62.4 Å². The van der Waals surface area contributed by atoms with Gasteiger partial charge in [0.1, 0.15) is 36.1 Å². The molecule has 2 heterocycles. The average Bonchev–Trinajstić information content (AvgIpc) is 3.44. The number of allylic oxidation sites excluding steroid dienone is 1. The third kappa shape index (κ3) is 8.09. The van der Waals surface area contributed by atoms with Gasteiger partial charge < -0.3 is 21.9 Å². The molecule has 0 spiro atoms. The molecule has 1 unspecified atom stereocenters. The number of carbonyl (C=O) groups excluding carboxylic acids is 1. The number of amides is 1. The number of aliphatic imine (C=N–C) groups is 1. The van der Waals surface area contributed by atoms with Crippen LogP contribution in [0.15, 0.2) is 58.7 Å². The number of nitrogens with two attached hydrogens (primary N) is 2. The minimum atomic E-state index is -5.33. The van der Waals surface area contributed by atoms with Gasteiger partial charge in [-0.05, 0) is 43.2 Å². The number of nitrogen functional groups attached to an aromatic ring is 1. The molecule has 1 aliphatic rings. The van der Waals surface area contributed by atoms with Crippen LogP contribution in [0, 0.1) is 18.6 Å². The number of rotatable bonds is 8. The highest BCUT2D eigenvalue weighted by Crippen LogP contribution is 2.42. The van der Waals surface area contributed by atoms with Gasteiger partial charge in [-0.25, -0.2) is 8.78 Å². The lowest BCUT2D eigenvalue weighted by molar-refractivity contribution is -0.141. The Labute approximate surface area is 292 Å². The first-order valence-electron chi connectivity index (χ1n) is 15.0. The van der Waals surface area contributed by atoms with Crippen molar-refractivity contribution in [2.24, 2.45) is 10.7 Å². The van der Waals surface area contributed by atoms with Crippen molar-refractivity contribution < 1.29 is 53.8 Å². The standard InChI is InChI=1S/C32H26ClF10N7O2/c1-13-2-3-17(18-4-5-19(33)23-26(18)50(49-29(23)45)12-31(38,39)40)25(47-13)20(8-14-6-15(34)9-16(35)7-14)48-22(52)11-46-28-24(27(44)32(41,42)43)21(51)10-30(28,36)37/h2-7,9,20-21,51H,8,10-12,44H2,1H3,(H2,45,49)(H,48,52)/t20-,21?/m0/s1. The third-order valence-electron chi connectivity index (χ3n) is 7.94. The van der Waals surface area contributed by atoms with Crippen LogP contribution in [0.1, 0.15) is 29.4 Å². The van der Waals surface area contributed by atoms with Gasteiger partial charge in [0.2, 0.25) is 5.91 Å². The van der Waals surface area contributed by atoms with Gasteiger partial charge in [-0.15, -0.1) is 0 Å². The molecule has 6 N–H and O–H groups in total. The summed E-state index contributed by atoms with van der Waals surface area (Å²) >= 11 is 6.30. The Morgan fingerprint density at radius 2 is 1.73 bits per heavy atom. The topological polar surface area (TPSA) is 144 Å². The minimum absolute atomic E-state index is 0.0252. The molecule has 1 amide bonds. The highest BCUT2D eigenvalue weighted by molar-refractivity contribution is 6.37. The lowest BCUT2D eigenvalue weighted by Gasteiger charge is -2.23. The quantitative estimate of drug-likeness (QED) is 0.151. The molecular formula is C32H26ClF10N7O2. The van der Waals surface area contributed by atoms with Gasteiger partial charge in [0.05, 0.1) is 33.8 Å². The van der Waals surface area contributed by atoms with Gasteiger partial charge in [-0.1, -0.05) is 23.7 Å². The zero-order valence-corrected chi connectivity index (χ0v) is 27.2. The molecule has 278 valence electrons. The van der Waals surface area contributed by atoms with E-state index in [1.54, 1.807) is 0 Å². The van der Waals surface area contributed by atoms with Crippen molar-refractivity contribution in [2.45, 2.75) is 56.7 Å². The van der Waals surface area contributed by atoms with Crippen LogP contribution in [0.5, 0.6) is 0 Å². The van der Waals surface area contributed by atoms with E-state index >= 15 is 0 Å². The molecule has 2 atom stereocenters. The maximum atomic E-state index is 14.7. The lowest BCUT2D eigenvalue weighted by atomic mass is 9.93. The van der Waals surface area contributed by atoms with Crippen molar-refractivity contribution in [1.29, 1.82) is 0 Å². The normalized spacial score (nSPS) is 18.6.